The Morgan fingerprint density at radius 2 is 2.07 bits per heavy atom. The molecule has 0 bridgehead atoms. The van der Waals surface area contributed by atoms with Gasteiger partial charge in [0.1, 0.15) is 5.82 Å². The first-order valence-corrected chi connectivity index (χ1v) is 11.9. The zero-order valence-corrected chi connectivity index (χ0v) is 18.8. The first-order valence-electron chi connectivity index (χ1n) is 9.85. The van der Waals surface area contributed by atoms with E-state index in [1.165, 1.54) is 10.4 Å². The lowest BCUT2D eigenvalue weighted by Gasteiger charge is -2.11. The molecule has 1 amide bonds. The first-order chi connectivity index (χ1) is 13.0. The molecule has 5 nitrogen and oxygen atoms in total. The minimum absolute atomic E-state index is 0.0468. The summed E-state index contributed by atoms with van der Waals surface area (Å²) >= 11 is 3.28. The van der Waals surface area contributed by atoms with Crippen molar-refractivity contribution in [3.05, 3.63) is 27.2 Å². The zero-order chi connectivity index (χ0) is 19.8. The molecule has 150 valence electrons. The average molecular weight is 409 g/mol. The van der Waals surface area contributed by atoms with Gasteiger partial charge in [0.15, 0.2) is 5.16 Å². The maximum atomic E-state index is 12.5. The van der Waals surface area contributed by atoms with E-state index in [2.05, 4.69) is 53.8 Å². The van der Waals surface area contributed by atoms with Gasteiger partial charge in [0.2, 0.25) is 0 Å². The molecule has 0 saturated heterocycles. The lowest BCUT2D eigenvalue weighted by atomic mass is 10.1. The van der Waals surface area contributed by atoms with Crippen molar-refractivity contribution in [1.82, 2.24) is 20.1 Å². The third-order valence-corrected chi connectivity index (χ3v) is 6.27. The van der Waals surface area contributed by atoms with Crippen molar-refractivity contribution in [2.45, 2.75) is 71.5 Å². The second kappa shape index (κ2) is 10.9. The minimum atomic E-state index is 0.0468. The smallest absolute Gasteiger partial charge is 0.261 e. The maximum Gasteiger partial charge on any atom is 0.261 e. The van der Waals surface area contributed by atoms with Gasteiger partial charge in [0.25, 0.3) is 5.91 Å². The van der Waals surface area contributed by atoms with Crippen molar-refractivity contribution in [2.75, 3.05) is 12.8 Å². The van der Waals surface area contributed by atoms with Crippen LogP contribution in [0, 0.1) is 5.92 Å². The van der Waals surface area contributed by atoms with Crippen LogP contribution in [0.1, 0.15) is 66.5 Å². The van der Waals surface area contributed by atoms with Crippen LogP contribution in [0.3, 0.4) is 0 Å². The van der Waals surface area contributed by atoms with Gasteiger partial charge in [-0.25, -0.2) is 0 Å². The van der Waals surface area contributed by atoms with Crippen LogP contribution in [0.2, 0.25) is 0 Å². The normalized spacial score (nSPS) is 11.3. The highest BCUT2D eigenvalue weighted by Crippen LogP contribution is 2.24. The van der Waals surface area contributed by atoms with Crippen LogP contribution in [0.15, 0.2) is 11.2 Å². The lowest BCUT2D eigenvalue weighted by Crippen LogP contribution is -2.24. The number of thioether (sulfide) groups is 1. The van der Waals surface area contributed by atoms with E-state index in [1.807, 2.05) is 6.26 Å². The molecule has 0 aromatic carbocycles. The molecule has 2 aromatic heterocycles. The number of rotatable bonds is 11. The number of aryl methyl sites for hydroxylation is 3. The Kier molecular flexibility index (Phi) is 8.83. The van der Waals surface area contributed by atoms with Crippen LogP contribution in [0.5, 0.6) is 0 Å². The molecule has 1 N–H and O–H groups in total. The Balaban J connectivity index is 1.88. The van der Waals surface area contributed by atoms with Gasteiger partial charge in [-0.1, -0.05) is 45.9 Å². The maximum absolute atomic E-state index is 12.5. The standard InChI is InChI=1S/C20H32N4OS2/c1-6-9-16-15(7-2)12-17(27-16)19(25)21-11-8-10-18-22-23-20(26-5)24(18)13-14(3)4/h12,14H,6-11,13H2,1-5H3,(H,21,25). The predicted molar refractivity (Wildman–Crippen MR) is 115 cm³/mol. The fourth-order valence-corrected chi connectivity index (χ4v) is 4.85. The number of hydrogen-bond donors (Lipinski definition) is 1. The highest BCUT2D eigenvalue weighted by atomic mass is 32.2. The van der Waals surface area contributed by atoms with Gasteiger partial charge in [-0.15, -0.1) is 21.5 Å². The van der Waals surface area contributed by atoms with Crippen LogP contribution >= 0.6 is 23.1 Å². The van der Waals surface area contributed by atoms with Crippen molar-refractivity contribution in [3.63, 3.8) is 0 Å². The number of nitrogens with one attached hydrogen (secondary N) is 1. The monoisotopic (exact) mass is 408 g/mol. The summed E-state index contributed by atoms with van der Waals surface area (Å²) in [5.74, 6) is 1.61. The molecule has 0 radical (unpaired) electrons. The fourth-order valence-electron chi connectivity index (χ4n) is 3.06. The number of thiophene rings is 1. The van der Waals surface area contributed by atoms with Gasteiger partial charge in [-0.2, -0.15) is 0 Å². The molecule has 2 heterocycles. The summed E-state index contributed by atoms with van der Waals surface area (Å²) in [6, 6.07) is 2.06. The molecule has 0 atom stereocenters. The topological polar surface area (TPSA) is 59.8 Å². The quantitative estimate of drug-likeness (QED) is 0.436. The number of hydrogen-bond acceptors (Lipinski definition) is 5. The predicted octanol–water partition coefficient (Wildman–Crippen LogP) is 4.60. The molecule has 0 saturated carbocycles. The summed E-state index contributed by atoms with van der Waals surface area (Å²) in [5, 5.41) is 12.7. The highest BCUT2D eigenvalue weighted by molar-refractivity contribution is 7.98. The van der Waals surface area contributed by atoms with Crippen molar-refractivity contribution >= 4 is 29.0 Å². The molecule has 0 aliphatic heterocycles. The summed E-state index contributed by atoms with van der Waals surface area (Å²) in [5.41, 5.74) is 1.32. The number of nitrogens with zero attached hydrogens (tertiary/aromatic N) is 3. The number of amides is 1. The Labute approximate surface area is 171 Å². The number of carbonyl (C=O) groups is 1. The number of carbonyl (C=O) groups excluding carboxylic acids is 1. The van der Waals surface area contributed by atoms with E-state index in [9.17, 15) is 4.79 Å². The third-order valence-electron chi connectivity index (χ3n) is 4.36. The molecule has 0 aliphatic carbocycles. The van der Waals surface area contributed by atoms with Gasteiger partial charge < -0.3 is 9.88 Å². The van der Waals surface area contributed by atoms with Crippen LogP contribution < -0.4 is 5.32 Å². The molecular weight excluding hydrogens is 376 g/mol. The molecule has 0 spiro atoms. The van der Waals surface area contributed by atoms with Gasteiger partial charge in [-0.3, -0.25) is 4.79 Å². The zero-order valence-electron chi connectivity index (χ0n) is 17.2. The van der Waals surface area contributed by atoms with E-state index in [0.717, 1.165) is 54.5 Å². The Morgan fingerprint density at radius 3 is 2.70 bits per heavy atom. The van der Waals surface area contributed by atoms with Crippen molar-refractivity contribution < 1.29 is 4.79 Å². The number of aromatic nitrogens is 3. The summed E-state index contributed by atoms with van der Waals surface area (Å²) in [6.07, 6.45) is 6.89. The van der Waals surface area contributed by atoms with E-state index in [4.69, 9.17) is 0 Å². The minimum Gasteiger partial charge on any atom is -0.351 e. The summed E-state index contributed by atoms with van der Waals surface area (Å²) in [7, 11) is 0. The van der Waals surface area contributed by atoms with Crippen LogP contribution in [-0.4, -0.2) is 33.5 Å². The average Bonchev–Trinajstić information content (AvgIpc) is 3.22. The fraction of sp³-hybridized carbons (Fsp3) is 0.650. The Hall–Kier alpha value is -1.34. The van der Waals surface area contributed by atoms with Crippen LogP contribution in [0.4, 0.5) is 0 Å². The van der Waals surface area contributed by atoms with E-state index in [1.54, 1.807) is 23.1 Å². The van der Waals surface area contributed by atoms with Gasteiger partial charge in [-0.05, 0) is 43.1 Å². The first kappa shape index (κ1) is 22.0. The van der Waals surface area contributed by atoms with Crippen molar-refractivity contribution in [2.24, 2.45) is 5.92 Å². The SMILES string of the molecule is CCCc1sc(C(=O)NCCCc2nnc(SC)n2CC(C)C)cc1CC. The summed E-state index contributed by atoms with van der Waals surface area (Å²) in [6.45, 7) is 10.3. The molecule has 27 heavy (non-hydrogen) atoms. The highest BCUT2D eigenvalue weighted by Gasteiger charge is 2.14. The summed E-state index contributed by atoms with van der Waals surface area (Å²) in [4.78, 5) is 14.7. The molecule has 2 aromatic rings. The molecule has 0 aliphatic rings. The summed E-state index contributed by atoms with van der Waals surface area (Å²) < 4.78 is 2.21. The van der Waals surface area contributed by atoms with E-state index < -0.39 is 0 Å². The van der Waals surface area contributed by atoms with E-state index >= 15 is 0 Å². The Bertz CT molecular complexity index is 736. The molecule has 0 unspecified atom stereocenters. The van der Waals surface area contributed by atoms with Gasteiger partial charge in [0, 0.05) is 24.4 Å². The van der Waals surface area contributed by atoms with Crippen LogP contribution in [0.25, 0.3) is 0 Å². The Morgan fingerprint density at radius 1 is 1.30 bits per heavy atom. The lowest BCUT2D eigenvalue weighted by molar-refractivity contribution is 0.0957. The second-order valence-electron chi connectivity index (χ2n) is 7.13. The van der Waals surface area contributed by atoms with E-state index in [-0.39, 0.29) is 5.91 Å². The van der Waals surface area contributed by atoms with Crippen molar-refractivity contribution in [1.29, 1.82) is 0 Å². The largest absolute Gasteiger partial charge is 0.351 e. The van der Waals surface area contributed by atoms with Crippen LogP contribution in [-0.2, 0) is 25.8 Å². The molecule has 7 heteroatoms. The van der Waals surface area contributed by atoms with Crippen molar-refractivity contribution in [3.8, 4) is 0 Å². The van der Waals surface area contributed by atoms with E-state index in [0.29, 0.717) is 12.5 Å². The third kappa shape index (κ3) is 6.07. The molecular formula is C20H32N4OS2. The molecule has 2 rings (SSSR count). The van der Waals surface area contributed by atoms with Gasteiger partial charge >= 0.3 is 0 Å². The molecule has 0 fully saturated rings. The van der Waals surface area contributed by atoms with Gasteiger partial charge in [0.05, 0.1) is 4.88 Å². The second-order valence-corrected chi connectivity index (χ2v) is 9.04.